The first kappa shape index (κ1) is 15.1. The van der Waals surface area contributed by atoms with Crippen LogP contribution in [0.15, 0.2) is 0 Å². The number of anilines is 1. The van der Waals surface area contributed by atoms with Crippen LogP contribution in [-0.2, 0) is 10.2 Å². The second-order valence-corrected chi connectivity index (χ2v) is 6.57. The number of rotatable bonds is 2. The van der Waals surface area contributed by atoms with E-state index in [-0.39, 0.29) is 17.5 Å². The Kier molecular flexibility index (Phi) is 4.25. The molecule has 6 nitrogen and oxygen atoms in total. The Balaban J connectivity index is 2.26. The van der Waals surface area contributed by atoms with Crippen molar-refractivity contribution in [3.63, 3.8) is 0 Å². The van der Waals surface area contributed by atoms with E-state index < -0.39 is 0 Å². The van der Waals surface area contributed by atoms with Gasteiger partial charge in [-0.25, -0.2) is 4.98 Å². The number of hydrogen-bond acceptors (Lipinski definition) is 6. The molecule has 0 radical (unpaired) electrons. The number of aromatic nitrogens is 3. The molecule has 6 heteroatoms. The van der Waals surface area contributed by atoms with E-state index in [1.807, 2.05) is 0 Å². The zero-order valence-electron chi connectivity index (χ0n) is 13.1. The van der Waals surface area contributed by atoms with Crippen molar-refractivity contribution < 1.29 is 4.74 Å². The van der Waals surface area contributed by atoms with Crippen molar-refractivity contribution in [2.24, 2.45) is 0 Å². The van der Waals surface area contributed by atoms with Gasteiger partial charge in [-0.15, -0.1) is 0 Å². The first-order chi connectivity index (χ1) is 9.27. The summed E-state index contributed by atoms with van der Waals surface area (Å²) in [7, 11) is 0. The van der Waals surface area contributed by atoms with Gasteiger partial charge in [0, 0.05) is 24.5 Å². The summed E-state index contributed by atoms with van der Waals surface area (Å²) < 4.78 is 5.82. The van der Waals surface area contributed by atoms with Crippen molar-refractivity contribution >= 4 is 5.95 Å². The fourth-order valence-corrected chi connectivity index (χ4v) is 2.18. The fraction of sp³-hybridized carbons (Fsp3) is 0.786. The summed E-state index contributed by atoms with van der Waals surface area (Å²) in [6.45, 7) is 13.0. The Morgan fingerprint density at radius 1 is 1.25 bits per heavy atom. The summed E-state index contributed by atoms with van der Waals surface area (Å²) in [5.41, 5.74) is 5.67. The summed E-state index contributed by atoms with van der Waals surface area (Å²) in [6, 6.07) is 0.489. The van der Waals surface area contributed by atoms with E-state index >= 15 is 0 Å². The monoisotopic (exact) mass is 279 g/mol. The molecular formula is C14H25N5O. The molecule has 0 bridgehead atoms. The Labute approximate surface area is 120 Å². The molecule has 1 aliphatic heterocycles. The molecule has 0 amide bonds. The normalized spacial score (nSPS) is 21.4. The smallest absolute Gasteiger partial charge is 0.223 e. The molecule has 1 aromatic heterocycles. The molecule has 0 aromatic carbocycles. The SMILES string of the molecule is CC(C)N1CCOC(c2nc(N)nc(C(C)(C)C)n2)C1. The van der Waals surface area contributed by atoms with E-state index in [1.54, 1.807) is 0 Å². The molecule has 0 aliphatic carbocycles. The Morgan fingerprint density at radius 3 is 2.55 bits per heavy atom. The molecule has 0 spiro atoms. The number of ether oxygens (including phenoxy) is 1. The quantitative estimate of drug-likeness (QED) is 0.884. The molecular weight excluding hydrogens is 254 g/mol. The van der Waals surface area contributed by atoms with Crippen LogP contribution in [0.4, 0.5) is 5.95 Å². The summed E-state index contributed by atoms with van der Waals surface area (Å²) in [6.07, 6.45) is -0.127. The van der Waals surface area contributed by atoms with Crippen LogP contribution in [0.2, 0.25) is 0 Å². The van der Waals surface area contributed by atoms with Gasteiger partial charge in [-0.3, -0.25) is 4.90 Å². The van der Waals surface area contributed by atoms with E-state index in [1.165, 1.54) is 0 Å². The van der Waals surface area contributed by atoms with E-state index in [0.29, 0.717) is 24.3 Å². The first-order valence-electron chi connectivity index (χ1n) is 7.15. The van der Waals surface area contributed by atoms with Crippen molar-refractivity contribution in [1.29, 1.82) is 0 Å². The molecule has 1 saturated heterocycles. The second kappa shape index (κ2) is 5.61. The molecule has 1 aromatic rings. The largest absolute Gasteiger partial charge is 0.368 e. The predicted octanol–water partition coefficient (Wildman–Crippen LogP) is 1.53. The van der Waals surface area contributed by atoms with Crippen molar-refractivity contribution in [3.05, 3.63) is 11.6 Å². The molecule has 2 rings (SSSR count). The third-order valence-electron chi connectivity index (χ3n) is 3.46. The highest BCUT2D eigenvalue weighted by molar-refractivity contribution is 5.20. The molecule has 2 N–H and O–H groups in total. The standard InChI is InChI=1S/C14H25N5O/c1-9(2)19-6-7-20-10(8-19)11-16-12(14(3,4)5)18-13(15)17-11/h9-10H,6-8H2,1-5H3,(H2,15,16,17,18). The van der Waals surface area contributed by atoms with Gasteiger partial charge in [0.05, 0.1) is 6.61 Å². The minimum Gasteiger partial charge on any atom is -0.368 e. The lowest BCUT2D eigenvalue weighted by Gasteiger charge is -2.35. The third kappa shape index (κ3) is 3.43. The van der Waals surface area contributed by atoms with Crippen LogP contribution in [0.25, 0.3) is 0 Å². The Morgan fingerprint density at radius 2 is 1.95 bits per heavy atom. The van der Waals surface area contributed by atoms with Gasteiger partial charge in [0.15, 0.2) is 5.82 Å². The van der Waals surface area contributed by atoms with Gasteiger partial charge in [0.2, 0.25) is 5.95 Å². The van der Waals surface area contributed by atoms with Crippen LogP contribution in [0, 0.1) is 0 Å². The van der Waals surface area contributed by atoms with Crippen molar-refractivity contribution in [1.82, 2.24) is 19.9 Å². The number of nitrogens with zero attached hydrogens (tertiary/aromatic N) is 4. The molecule has 0 saturated carbocycles. The molecule has 1 unspecified atom stereocenters. The summed E-state index contributed by atoms with van der Waals surface area (Å²) in [5, 5.41) is 0. The predicted molar refractivity (Wildman–Crippen MR) is 78.3 cm³/mol. The van der Waals surface area contributed by atoms with Crippen LogP contribution in [0.3, 0.4) is 0 Å². The first-order valence-corrected chi connectivity index (χ1v) is 7.15. The van der Waals surface area contributed by atoms with E-state index in [9.17, 15) is 0 Å². The maximum absolute atomic E-state index is 5.83. The number of hydrogen-bond donors (Lipinski definition) is 1. The van der Waals surface area contributed by atoms with Crippen LogP contribution in [0.1, 0.15) is 52.4 Å². The highest BCUT2D eigenvalue weighted by atomic mass is 16.5. The minimum absolute atomic E-state index is 0.127. The lowest BCUT2D eigenvalue weighted by atomic mass is 9.96. The topological polar surface area (TPSA) is 77.2 Å². The van der Waals surface area contributed by atoms with Crippen molar-refractivity contribution in [3.8, 4) is 0 Å². The molecule has 112 valence electrons. The van der Waals surface area contributed by atoms with Gasteiger partial charge in [-0.2, -0.15) is 9.97 Å². The van der Waals surface area contributed by atoms with Crippen LogP contribution in [-0.4, -0.2) is 45.6 Å². The summed E-state index contributed by atoms with van der Waals surface area (Å²) >= 11 is 0. The lowest BCUT2D eigenvalue weighted by molar-refractivity contribution is -0.0444. The third-order valence-corrected chi connectivity index (χ3v) is 3.46. The van der Waals surface area contributed by atoms with Crippen LogP contribution >= 0.6 is 0 Å². The van der Waals surface area contributed by atoms with Gasteiger partial charge in [0.25, 0.3) is 0 Å². The Hall–Kier alpha value is -1.27. The molecule has 1 atom stereocenters. The number of morpholine rings is 1. The van der Waals surface area contributed by atoms with E-state index in [4.69, 9.17) is 10.5 Å². The maximum atomic E-state index is 5.83. The highest BCUT2D eigenvalue weighted by Crippen LogP contribution is 2.24. The van der Waals surface area contributed by atoms with Crippen molar-refractivity contribution in [2.75, 3.05) is 25.4 Å². The lowest BCUT2D eigenvalue weighted by Crippen LogP contribution is -2.43. The van der Waals surface area contributed by atoms with Gasteiger partial charge in [0.1, 0.15) is 11.9 Å². The van der Waals surface area contributed by atoms with Crippen LogP contribution in [0.5, 0.6) is 0 Å². The average Bonchev–Trinajstić information content (AvgIpc) is 2.37. The summed E-state index contributed by atoms with van der Waals surface area (Å²) in [4.78, 5) is 15.4. The van der Waals surface area contributed by atoms with Gasteiger partial charge in [-0.1, -0.05) is 20.8 Å². The Bertz CT molecular complexity index is 469. The molecule has 1 aliphatic rings. The maximum Gasteiger partial charge on any atom is 0.223 e. The molecule has 20 heavy (non-hydrogen) atoms. The van der Waals surface area contributed by atoms with Crippen molar-refractivity contribution in [2.45, 2.75) is 52.2 Å². The zero-order valence-corrected chi connectivity index (χ0v) is 13.1. The van der Waals surface area contributed by atoms with E-state index in [0.717, 1.165) is 13.1 Å². The summed E-state index contributed by atoms with van der Waals surface area (Å²) in [5.74, 6) is 1.63. The number of nitrogen functional groups attached to an aromatic ring is 1. The average molecular weight is 279 g/mol. The number of nitrogens with two attached hydrogens (primary N) is 1. The molecule has 2 heterocycles. The van der Waals surface area contributed by atoms with Gasteiger partial charge in [-0.05, 0) is 13.8 Å². The van der Waals surface area contributed by atoms with Gasteiger partial charge < -0.3 is 10.5 Å². The van der Waals surface area contributed by atoms with Gasteiger partial charge >= 0.3 is 0 Å². The van der Waals surface area contributed by atoms with Crippen LogP contribution < -0.4 is 5.73 Å². The second-order valence-electron chi connectivity index (χ2n) is 6.57. The minimum atomic E-state index is -0.155. The molecule has 1 fully saturated rings. The zero-order chi connectivity index (χ0) is 14.9. The fourth-order valence-electron chi connectivity index (χ4n) is 2.18. The highest BCUT2D eigenvalue weighted by Gasteiger charge is 2.28. The van der Waals surface area contributed by atoms with E-state index in [2.05, 4.69) is 54.5 Å².